The van der Waals surface area contributed by atoms with Crippen molar-refractivity contribution >= 4 is 23.4 Å². The number of para-hydroxylation sites is 1. The first-order valence-electron chi connectivity index (χ1n) is 8.23. The fourth-order valence-electron chi connectivity index (χ4n) is 2.41. The summed E-state index contributed by atoms with van der Waals surface area (Å²) in [6.07, 6.45) is 0. The van der Waals surface area contributed by atoms with E-state index in [0.29, 0.717) is 22.2 Å². The Balaban J connectivity index is 1.65. The van der Waals surface area contributed by atoms with E-state index in [-0.39, 0.29) is 11.7 Å². The number of thioether (sulfide) groups is 1. The van der Waals surface area contributed by atoms with Gasteiger partial charge in [0.05, 0.1) is 25.7 Å². The van der Waals surface area contributed by atoms with Gasteiger partial charge in [-0.05, 0) is 42.5 Å². The van der Waals surface area contributed by atoms with Gasteiger partial charge in [-0.1, -0.05) is 30.0 Å². The highest BCUT2D eigenvalue weighted by Gasteiger charge is 2.11. The molecule has 1 amide bonds. The van der Waals surface area contributed by atoms with Crippen molar-refractivity contribution in [3.63, 3.8) is 0 Å². The van der Waals surface area contributed by atoms with E-state index in [1.54, 1.807) is 14.2 Å². The summed E-state index contributed by atoms with van der Waals surface area (Å²) in [5.41, 5.74) is 2.24. The third-order valence-corrected chi connectivity index (χ3v) is 4.65. The Kier molecular flexibility index (Phi) is 6.27. The molecule has 0 saturated carbocycles. The summed E-state index contributed by atoms with van der Waals surface area (Å²) in [6.45, 7) is 0. The molecule has 138 valence electrons. The number of hydrogen-bond donors (Lipinski definition) is 1. The number of ether oxygens (including phenoxy) is 2. The Morgan fingerprint density at radius 2 is 1.81 bits per heavy atom. The highest BCUT2D eigenvalue weighted by molar-refractivity contribution is 7.99. The SMILES string of the molecule is COc1ccc(OC)c(-c2ccc(SCC(=O)Nc3ccccc3)nn2)c1. The van der Waals surface area contributed by atoms with E-state index in [1.807, 2.05) is 60.7 Å². The zero-order chi connectivity index (χ0) is 19.1. The van der Waals surface area contributed by atoms with Crippen molar-refractivity contribution in [3.05, 3.63) is 60.7 Å². The Bertz CT molecular complexity index is 902. The first-order valence-corrected chi connectivity index (χ1v) is 9.22. The smallest absolute Gasteiger partial charge is 0.234 e. The molecule has 6 nitrogen and oxygen atoms in total. The van der Waals surface area contributed by atoms with Gasteiger partial charge in [-0.2, -0.15) is 0 Å². The average Bonchev–Trinajstić information content (AvgIpc) is 2.73. The minimum absolute atomic E-state index is 0.0912. The average molecular weight is 381 g/mol. The van der Waals surface area contributed by atoms with Crippen LogP contribution >= 0.6 is 11.8 Å². The van der Waals surface area contributed by atoms with Gasteiger partial charge in [0.15, 0.2) is 0 Å². The number of benzene rings is 2. The molecule has 0 radical (unpaired) electrons. The molecule has 0 spiro atoms. The molecule has 1 heterocycles. The van der Waals surface area contributed by atoms with Gasteiger partial charge in [0.2, 0.25) is 5.91 Å². The van der Waals surface area contributed by atoms with E-state index in [2.05, 4.69) is 15.5 Å². The number of hydrogen-bond acceptors (Lipinski definition) is 6. The van der Waals surface area contributed by atoms with Crippen LogP contribution in [0.15, 0.2) is 65.7 Å². The Morgan fingerprint density at radius 3 is 2.48 bits per heavy atom. The highest BCUT2D eigenvalue weighted by atomic mass is 32.2. The lowest BCUT2D eigenvalue weighted by Gasteiger charge is -2.10. The minimum atomic E-state index is -0.0912. The van der Waals surface area contributed by atoms with Crippen molar-refractivity contribution in [1.29, 1.82) is 0 Å². The largest absolute Gasteiger partial charge is 0.497 e. The zero-order valence-electron chi connectivity index (χ0n) is 15.0. The molecule has 0 bridgehead atoms. The topological polar surface area (TPSA) is 73.3 Å². The molecular weight excluding hydrogens is 362 g/mol. The number of carbonyl (C=O) groups is 1. The number of carbonyl (C=O) groups excluding carboxylic acids is 1. The van der Waals surface area contributed by atoms with Gasteiger partial charge in [-0.25, -0.2) is 0 Å². The number of nitrogens with one attached hydrogen (secondary N) is 1. The summed E-state index contributed by atoms with van der Waals surface area (Å²) >= 11 is 1.33. The minimum Gasteiger partial charge on any atom is -0.497 e. The van der Waals surface area contributed by atoms with Crippen LogP contribution in [0.25, 0.3) is 11.3 Å². The molecule has 0 unspecified atom stereocenters. The van der Waals surface area contributed by atoms with Gasteiger partial charge >= 0.3 is 0 Å². The van der Waals surface area contributed by atoms with Crippen LogP contribution in [0.1, 0.15) is 0 Å². The lowest BCUT2D eigenvalue weighted by molar-refractivity contribution is -0.113. The number of anilines is 1. The standard InChI is InChI=1S/C20H19N3O3S/c1-25-15-8-10-18(26-2)16(12-15)17-9-11-20(23-22-17)27-13-19(24)21-14-6-4-3-5-7-14/h3-12H,13H2,1-2H3,(H,21,24). The molecule has 7 heteroatoms. The molecule has 0 atom stereocenters. The van der Waals surface area contributed by atoms with Gasteiger partial charge in [-0.3, -0.25) is 4.79 Å². The molecule has 1 N–H and O–H groups in total. The fraction of sp³-hybridized carbons (Fsp3) is 0.150. The summed E-state index contributed by atoms with van der Waals surface area (Å²) in [5, 5.41) is 12.0. The number of rotatable bonds is 7. The molecule has 0 saturated heterocycles. The maximum atomic E-state index is 12.0. The number of amides is 1. The van der Waals surface area contributed by atoms with Crippen molar-refractivity contribution in [3.8, 4) is 22.8 Å². The number of aromatic nitrogens is 2. The first-order chi connectivity index (χ1) is 13.2. The highest BCUT2D eigenvalue weighted by Crippen LogP contribution is 2.32. The Morgan fingerprint density at radius 1 is 1.00 bits per heavy atom. The van der Waals surface area contributed by atoms with Crippen molar-refractivity contribution in [2.45, 2.75) is 5.03 Å². The van der Waals surface area contributed by atoms with Crippen LogP contribution in [0.3, 0.4) is 0 Å². The number of methoxy groups -OCH3 is 2. The maximum absolute atomic E-state index is 12.0. The van der Waals surface area contributed by atoms with Crippen molar-refractivity contribution in [1.82, 2.24) is 10.2 Å². The van der Waals surface area contributed by atoms with Gasteiger partial charge < -0.3 is 14.8 Å². The van der Waals surface area contributed by atoms with Crippen LogP contribution in [0.5, 0.6) is 11.5 Å². The van der Waals surface area contributed by atoms with Crippen LogP contribution in [0, 0.1) is 0 Å². The van der Waals surface area contributed by atoms with Crippen molar-refractivity contribution in [2.24, 2.45) is 0 Å². The van der Waals surface area contributed by atoms with Gasteiger partial charge in [-0.15, -0.1) is 10.2 Å². The van der Waals surface area contributed by atoms with Crippen LogP contribution in [-0.2, 0) is 4.79 Å². The maximum Gasteiger partial charge on any atom is 0.234 e. The van der Waals surface area contributed by atoms with Crippen LogP contribution < -0.4 is 14.8 Å². The molecule has 3 aromatic rings. The quantitative estimate of drug-likeness (QED) is 0.626. The molecule has 3 rings (SSSR count). The normalized spacial score (nSPS) is 10.3. The van der Waals surface area contributed by atoms with E-state index in [0.717, 1.165) is 11.3 Å². The lowest BCUT2D eigenvalue weighted by atomic mass is 10.1. The summed E-state index contributed by atoms with van der Waals surface area (Å²) in [4.78, 5) is 12.0. The molecule has 0 aliphatic carbocycles. The molecular formula is C20H19N3O3S. The van der Waals surface area contributed by atoms with Crippen LogP contribution in [-0.4, -0.2) is 36.1 Å². The van der Waals surface area contributed by atoms with Crippen LogP contribution in [0.4, 0.5) is 5.69 Å². The second-order valence-electron chi connectivity index (χ2n) is 5.53. The summed E-state index contributed by atoms with van der Waals surface area (Å²) in [5.74, 6) is 1.56. The predicted octanol–water partition coefficient (Wildman–Crippen LogP) is 3.89. The Labute approximate surface area is 161 Å². The fourth-order valence-corrected chi connectivity index (χ4v) is 3.03. The second-order valence-corrected chi connectivity index (χ2v) is 6.52. The van der Waals surface area contributed by atoms with Gasteiger partial charge in [0.25, 0.3) is 0 Å². The van der Waals surface area contributed by atoms with Crippen LogP contribution in [0.2, 0.25) is 0 Å². The Hall–Kier alpha value is -3.06. The van der Waals surface area contributed by atoms with Gasteiger partial charge in [0, 0.05) is 11.3 Å². The number of nitrogens with zero attached hydrogens (tertiary/aromatic N) is 2. The van der Waals surface area contributed by atoms with Crippen molar-refractivity contribution < 1.29 is 14.3 Å². The zero-order valence-corrected chi connectivity index (χ0v) is 15.8. The summed E-state index contributed by atoms with van der Waals surface area (Å²) < 4.78 is 10.6. The molecule has 1 aromatic heterocycles. The molecule has 0 fully saturated rings. The monoisotopic (exact) mass is 381 g/mol. The third kappa shape index (κ3) is 4.98. The molecule has 0 aliphatic rings. The van der Waals surface area contributed by atoms with E-state index in [9.17, 15) is 4.79 Å². The second kappa shape index (κ2) is 9.05. The van der Waals surface area contributed by atoms with Gasteiger partial charge in [0.1, 0.15) is 16.5 Å². The van der Waals surface area contributed by atoms with E-state index in [1.165, 1.54) is 11.8 Å². The first kappa shape index (κ1) is 18.7. The van der Waals surface area contributed by atoms with Crippen molar-refractivity contribution in [2.75, 3.05) is 25.3 Å². The third-order valence-electron chi connectivity index (χ3n) is 3.73. The van der Waals surface area contributed by atoms with E-state index < -0.39 is 0 Å². The predicted molar refractivity (Wildman–Crippen MR) is 106 cm³/mol. The molecule has 0 aliphatic heterocycles. The van der Waals surface area contributed by atoms with E-state index >= 15 is 0 Å². The summed E-state index contributed by atoms with van der Waals surface area (Å²) in [7, 11) is 3.21. The summed E-state index contributed by atoms with van der Waals surface area (Å²) in [6, 6.07) is 18.5. The molecule has 2 aromatic carbocycles. The molecule has 27 heavy (non-hydrogen) atoms. The van der Waals surface area contributed by atoms with E-state index in [4.69, 9.17) is 9.47 Å². The lowest BCUT2D eigenvalue weighted by Crippen LogP contribution is -2.13.